The predicted molar refractivity (Wildman–Crippen MR) is 69.2 cm³/mol. The number of nitrogens with zero attached hydrogens (tertiary/aromatic N) is 1. The number of ether oxygens (including phenoxy) is 1. The van der Waals surface area contributed by atoms with Crippen LogP contribution in [0.25, 0.3) is 0 Å². The van der Waals surface area contributed by atoms with E-state index in [2.05, 4.69) is 0 Å². The molecular weight excluding hydrogens is 235 g/mol. The summed E-state index contributed by atoms with van der Waals surface area (Å²) in [7, 11) is 1.59. The number of amides is 1. The van der Waals surface area contributed by atoms with E-state index in [4.69, 9.17) is 10.5 Å². The molecule has 0 bridgehead atoms. The fourth-order valence-corrected chi connectivity index (χ4v) is 1.48. The Morgan fingerprint density at radius 2 is 2.17 bits per heavy atom. The van der Waals surface area contributed by atoms with Crippen molar-refractivity contribution >= 4 is 11.6 Å². The lowest BCUT2D eigenvalue weighted by Gasteiger charge is -2.18. The summed E-state index contributed by atoms with van der Waals surface area (Å²) in [5.74, 6) is -0.434. The molecule has 1 aromatic rings. The molecule has 1 rings (SSSR count). The molecule has 0 atom stereocenters. The maximum atomic E-state index is 13.7. The first-order chi connectivity index (χ1) is 8.45. The molecule has 4 nitrogen and oxygen atoms in total. The highest BCUT2D eigenvalue weighted by Crippen LogP contribution is 2.24. The van der Waals surface area contributed by atoms with Crippen LogP contribution in [0.15, 0.2) is 18.2 Å². The fourth-order valence-electron chi connectivity index (χ4n) is 1.48. The lowest BCUT2D eigenvalue weighted by molar-refractivity contribution is -0.118. The molecule has 1 aromatic carbocycles. The molecule has 0 saturated carbocycles. The molecule has 2 N–H and O–H groups in total. The smallest absolute Gasteiger partial charge is 0.227 e. The molecule has 18 heavy (non-hydrogen) atoms. The number of carbonyl (C=O) groups excluding carboxylic acids is 1. The van der Waals surface area contributed by atoms with Crippen molar-refractivity contribution in [3.8, 4) is 5.75 Å². The number of benzene rings is 1. The lowest BCUT2D eigenvalue weighted by atomic mass is 10.2. The number of carbonyl (C=O) groups is 1. The van der Waals surface area contributed by atoms with Crippen LogP contribution < -0.4 is 15.4 Å². The Bertz CT molecular complexity index is 421. The van der Waals surface area contributed by atoms with Gasteiger partial charge in [0.05, 0.1) is 6.10 Å². The summed E-state index contributed by atoms with van der Waals surface area (Å²) in [6.45, 7) is 3.93. The molecule has 100 valence electrons. The Morgan fingerprint density at radius 1 is 1.50 bits per heavy atom. The summed E-state index contributed by atoms with van der Waals surface area (Å²) in [5.41, 5.74) is 5.80. The Balaban J connectivity index is 2.86. The molecule has 0 aliphatic carbocycles. The van der Waals surface area contributed by atoms with Gasteiger partial charge in [0, 0.05) is 31.8 Å². The number of rotatable bonds is 5. The lowest BCUT2D eigenvalue weighted by Crippen LogP contribution is -2.28. The zero-order valence-corrected chi connectivity index (χ0v) is 10.9. The van der Waals surface area contributed by atoms with E-state index in [9.17, 15) is 9.18 Å². The normalized spacial score (nSPS) is 10.6. The first-order valence-corrected chi connectivity index (χ1v) is 5.88. The van der Waals surface area contributed by atoms with Crippen molar-refractivity contribution in [3.05, 3.63) is 24.0 Å². The average Bonchev–Trinajstić information content (AvgIpc) is 2.30. The molecule has 0 spiro atoms. The third kappa shape index (κ3) is 3.70. The largest absolute Gasteiger partial charge is 0.488 e. The second kappa shape index (κ2) is 6.35. The average molecular weight is 254 g/mol. The minimum Gasteiger partial charge on any atom is -0.488 e. The molecule has 0 aliphatic heterocycles. The standard InChI is InChI=1S/C13H19FN2O2/c1-9(2)18-12-5-4-10(8-11(12)14)16(3)13(17)6-7-15/h4-5,8-9H,6-7,15H2,1-3H3. The van der Waals surface area contributed by atoms with E-state index in [0.717, 1.165) is 0 Å². The van der Waals surface area contributed by atoms with Crippen LogP contribution in [-0.2, 0) is 4.79 Å². The van der Waals surface area contributed by atoms with Crippen molar-refractivity contribution in [2.24, 2.45) is 5.73 Å². The summed E-state index contributed by atoms with van der Waals surface area (Å²) in [6, 6.07) is 4.46. The van der Waals surface area contributed by atoms with Gasteiger partial charge in [-0.05, 0) is 26.0 Å². The highest BCUT2D eigenvalue weighted by molar-refractivity contribution is 5.92. The Kier molecular flexibility index (Phi) is 5.09. The predicted octanol–water partition coefficient (Wildman–Crippen LogP) is 1.92. The molecule has 0 aromatic heterocycles. The van der Waals surface area contributed by atoms with Crippen LogP contribution in [0.5, 0.6) is 5.75 Å². The van der Waals surface area contributed by atoms with Gasteiger partial charge in [0.2, 0.25) is 5.91 Å². The molecule has 0 heterocycles. The fraction of sp³-hybridized carbons (Fsp3) is 0.462. The van der Waals surface area contributed by atoms with Crippen molar-refractivity contribution in [3.63, 3.8) is 0 Å². The first-order valence-electron chi connectivity index (χ1n) is 5.88. The number of anilines is 1. The van der Waals surface area contributed by atoms with Gasteiger partial charge in [0.1, 0.15) is 0 Å². The second-order valence-corrected chi connectivity index (χ2v) is 4.27. The minimum atomic E-state index is -0.478. The Hall–Kier alpha value is -1.62. The van der Waals surface area contributed by atoms with E-state index >= 15 is 0 Å². The molecule has 1 amide bonds. The van der Waals surface area contributed by atoms with Gasteiger partial charge in [-0.2, -0.15) is 0 Å². The van der Waals surface area contributed by atoms with Crippen molar-refractivity contribution < 1.29 is 13.9 Å². The molecule has 5 heteroatoms. The van der Waals surface area contributed by atoms with Crippen LogP contribution in [0.2, 0.25) is 0 Å². The van der Waals surface area contributed by atoms with Crippen molar-refractivity contribution in [1.29, 1.82) is 0 Å². The van der Waals surface area contributed by atoms with Crippen LogP contribution in [-0.4, -0.2) is 25.6 Å². The van der Waals surface area contributed by atoms with Gasteiger partial charge in [-0.25, -0.2) is 4.39 Å². The highest BCUT2D eigenvalue weighted by Gasteiger charge is 2.13. The zero-order valence-electron chi connectivity index (χ0n) is 10.9. The van der Waals surface area contributed by atoms with E-state index in [-0.39, 0.29) is 30.7 Å². The van der Waals surface area contributed by atoms with Crippen molar-refractivity contribution in [2.75, 3.05) is 18.5 Å². The van der Waals surface area contributed by atoms with Crippen LogP contribution >= 0.6 is 0 Å². The van der Waals surface area contributed by atoms with E-state index in [1.165, 1.54) is 17.0 Å². The third-order valence-corrected chi connectivity index (χ3v) is 2.40. The SMILES string of the molecule is CC(C)Oc1ccc(N(C)C(=O)CCN)cc1F. The molecule has 0 radical (unpaired) electrons. The number of hydrogen-bond donors (Lipinski definition) is 1. The third-order valence-electron chi connectivity index (χ3n) is 2.40. The van der Waals surface area contributed by atoms with E-state index in [1.807, 2.05) is 13.8 Å². The monoisotopic (exact) mass is 254 g/mol. The summed E-state index contributed by atoms with van der Waals surface area (Å²) < 4.78 is 19.0. The maximum absolute atomic E-state index is 13.7. The number of hydrogen-bond acceptors (Lipinski definition) is 3. The zero-order chi connectivity index (χ0) is 13.7. The van der Waals surface area contributed by atoms with E-state index < -0.39 is 5.82 Å². The summed E-state index contributed by atoms with van der Waals surface area (Å²) in [6.07, 6.45) is 0.143. The van der Waals surface area contributed by atoms with Crippen LogP contribution in [0.1, 0.15) is 20.3 Å². The van der Waals surface area contributed by atoms with E-state index in [1.54, 1.807) is 13.1 Å². The molecule has 0 saturated heterocycles. The molecular formula is C13H19FN2O2. The molecule has 0 aliphatic rings. The van der Waals surface area contributed by atoms with Gasteiger partial charge in [0.15, 0.2) is 11.6 Å². The van der Waals surface area contributed by atoms with Crippen LogP contribution in [0.4, 0.5) is 10.1 Å². The summed E-state index contributed by atoms with van der Waals surface area (Å²) in [4.78, 5) is 13.0. The van der Waals surface area contributed by atoms with Gasteiger partial charge in [-0.15, -0.1) is 0 Å². The Morgan fingerprint density at radius 3 is 2.67 bits per heavy atom. The van der Waals surface area contributed by atoms with Gasteiger partial charge in [0.25, 0.3) is 0 Å². The summed E-state index contributed by atoms with van der Waals surface area (Å²) >= 11 is 0. The maximum Gasteiger partial charge on any atom is 0.227 e. The Labute approximate surface area is 107 Å². The van der Waals surface area contributed by atoms with E-state index in [0.29, 0.717) is 5.69 Å². The van der Waals surface area contributed by atoms with Gasteiger partial charge >= 0.3 is 0 Å². The number of halogens is 1. The van der Waals surface area contributed by atoms with Gasteiger partial charge in [-0.1, -0.05) is 0 Å². The highest BCUT2D eigenvalue weighted by atomic mass is 19.1. The van der Waals surface area contributed by atoms with Crippen molar-refractivity contribution in [2.45, 2.75) is 26.4 Å². The minimum absolute atomic E-state index is 0.0954. The molecule has 0 unspecified atom stereocenters. The second-order valence-electron chi connectivity index (χ2n) is 4.27. The molecule has 0 fully saturated rings. The topological polar surface area (TPSA) is 55.6 Å². The van der Waals surface area contributed by atoms with Crippen LogP contribution in [0, 0.1) is 5.82 Å². The summed E-state index contributed by atoms with van der Waals surface area (Å²) in [5, 5.41) is 0. The van der Waals surface area contributed by atoms with Gasteiger partial charge in [-0.3, -0.25) is 4.79 Å². The van der Waals surface area contributed by atoms with Gasteiger partial charge < -0.3 is 15.4 Å². The van der Waals surface area contributed by atoms with Crippen molar-refractivity contribution in [1.82, 2.24) is 0 Å². The first kappa shape index (κ1) is 14.4. The quantitative estimate of drug-likeness (QED) is 0.873. The van der Waals surface area contributed by atoms with Crippen LogP contribution in [0.3, 0.4) is 0 Å². The number of nitrogens with two attached hydrogens (primary N) is 1.